The Hall–Kier alpha value is -3.79. The lowest BCUT2D eigenvalue weighted by molar-refractivity contribution is -0.119. The van der Waals surface area contributed by atoms with Crippen LogP contribution in [-0.2, 0) is 9.59 Å². The van der Waals surface area contributed by atoms with Gasteiger partial charge in [0.25, 0.3) is 0 Å². The van der Waals surface area contributed by atoms with E-state index in [-0.39, 0.29) is 37.5 Å². The number of likely N-dealkylation sites (N-methyl/N-ethyl adjacent to an activating group) is 1. The van der Waals surface area contributed by atoms with Gasteiger partial charge in [-0.1, -0.05) is 6.92 Å². The van der Waals surface area contributed by atoms with Gasteiger partial charge in [0.1, 0.15) is 13.2 Å². The molecule has 10 heteroatoms. The summed E-state index contributed by atoms with van der Waals surface area (Å²) in [5.41, 5.74) is 1.25. The second-order valence-electron chi connectivity index (χ2n) is 7.57. The number of rotatable bonds is 8. The smallest absolute Gasteiger partial charge is 0.238 e. The van der Waals surface area contributed by atoms with Gasteiger partial charge in [-0.3, -0.25) is 19.3 Å². The Bertz CT molecular complexity index is 1090. The van der Waals surface area contributed by atoms with Crippen LogP contribution in [0.5, 0.6) is 23.0 Å². The van der Waals surface area contributed by atoms with Crippen molar-refractivity contribution in [3.8, 4) is 23.0 Å². The van der Waals surface area contributed by atoms with Crippen LogP contribution < -0.4 is 29.6 Å². The number of carbonyl (C=O) groups is 3. The summed E-state index contributed by atoms with van der Waals surface area (Å²) in [5, 5.41) is 5.55. The summed E-state index contributed by atoms with van der Waals surface area (Å²) in [7, 11) is 0. The zero-order valence-electron chi connectivity index (χ0n) is 18.4. The minimum atomic E-state index is -0.356. The number of hydrogen-bond acceptors (Lipinski definition) is 8. The lowest BCUT2D eigenvalue weighted by Crippen LogP contribution is -2.38. The highest BCUT2D eigenvalue weighted by molar-refractivity contribution is 6.05. The number of anilines is 2. The molecule has 33 heavy (non-hydrogen) atoms. The third-order valence-corrected chi connectivity index (χ3v) is 5.17. The number of fused-ring (bicyclic) bond motifs is 2. The standard InChI is InChI=1S/C23H25N3O7/c1-3-26(11-22(28)24-15-4-5-18-19(8-15)31-7-6-30-18)12-23(29)25-17-10-21-20(32-13-33-21)9-16(17)14(2)27/h4-5,8-10H,3,6-7,11-13H2,1-2H3,(H,24,28)(H,25,29). The largest absolute Gasteiger partial charge is 0.486 e. The first-order valence-corrected chi connectivity index (χ1v) is 10.6. The molecule has 2 aliphatic heterocycles. The number of carbonyl (C=O) groups excluding carboxylic acids is 3. The highest BCUT2D eigenvalue weighted by atomic mass is 16.7. The molecule has 0 aliphatic carbocycles. The maximum atomic E-state index is 12.7. The molecule has 0 radical (unpaired) electrons. The van der Waals surface area contributed by atoms with Gasteiger partial charge in [0.2, 0.25) is 18.6 Å². The maximum Gasteiger partial charge on any atom is 0.238 e. The molecule has 0 fully saturated rings. The van der Waals surface area contributed by atoms with Gasteiger partial charge in [-0.15, -0.1) is 0 Å². The van der Waals surface area contributed by atoms with E-state index >= 15 is 0 Å². The lowest BCUT2D eigenvalue weighted by Gasteiger charge is -2.21. The highest BCUT2D eigenvalue weighted by Crippen LogP contribution is 2.37. The van der Waals surface area contributed by atoms with Crippen molar-refractivity contribution in [2.75, 3.05) is 50.3 Å². The minimum absolute atomic E-state index is 0.0130. The van der Waals surface area contributed by atoms with Gasteiger partial charge in [0.05, 0.1) is 18.8 Å². The zero-order valence-corrected chi connectivity index (χ0v) is 18.4. The van der Waals surface area contributed by atoms with Crippen LogP contribution in [0.15, 0.2) is 30.3 Å². The normalized spacial score (nSPS) is 13.5. The lowest BCUT2D eigenvalue weighted by atomic mass is 10.1. The third-order valence-electron chi connectivity index (χ3n) is 5.17. The SMILES string of the molecule is CCN(CC(=O)Nc1ccc2c(c1)OCCO2)CC(=O)Nc1cc2c(cc1C(C)=O)OCO2. The first-order chi connectivity index (χ1) is 15.9. The zero-order chi connectivity index (χ0) is 23.4. The number of ether oxygens (including phenoxy) is 4. The Kier molecular flexibility index (Phi) is 6.64. The van der Waals surface area contributed by atoms with Crippen molar-refractivity contribution in [2.24, 2.45) is 0 Å². The van der Waals surface area contributed by atoms with Crippen LogP contribution >= 0.6 is 0 Å². The highest BCUT2D eigenvalue weighted by Gasteiger charge is 2.21. The van der Waals surface area contributed by atoms with Crippen molar-refractivity contribution in [2.45, 2.75) is 13.8 Å². The van der Waals surface area contributed by atoms with E-state index in [0.717, 1.165) is 0 Å². The first kappa shape index (κ1) is 22.4. The Morgan fingerprint density at radius 2 is 1.48 bits per heavy atom. The molecule has 2 aromatic carbocycles. The van der Waals surface area contributed by atoms with E-state index in [2.05, 4.69) is 10.6 Å². The van der Waals surface area contributed by atoms with Gasteiger partial charge in [-0.25, -0.2) is 0 Å². The van der Waals surface area contributed by atoms with E-state index in [1.165, 1.54) is 6.92 Å². The molecule has 2 amide bonds. The van der Waals surface area contributed by atoms with E-state index < -0.39 is 0 Å². The topological polar surface area (TPSA) is 115 Å². The molecule has 0 saturated heterocycles. The minimum Gasteiger partial charge on any atom is -0.486 e. The third kappa shape index (κ3) is 5.35. The second kappa shape index (κ2) is 9.78. The number of Topliss-reactive ketones (excluding diaryl/α,β-unsaturated/α-hetero) is 1. The summed E-state index contributed by atoms with van der Waals surface area (Å²) in [4.78, 5) is 38.9. The molecule has 2 N–H and O–H groups in total. The van der Waals surface area contributed by atoms with Gasteiger partial charge >= 0.3 is 0 Å². The van der Waals surface area contributed by atoms with Crippen LogP contribution in [0.2, 0.25) is 0 Å². The van der Waals surface area contributed by atoms with Gasteiger partial charge < -0.3 is 29.6 Å². The van der Waals surface area contributed by atoms with Crippen LogP contribution in [0.25, 0.3) is 0 Å². The van der Waals surface area contributed by atoms with Crippen molar-refractivity contribution >= 4 is 29.0 Å². The fourth-order valence-electron chi connectivity index (χ4n) is 3.53. The van der Waals surface area contributed by atoms with Crippen LogP contribution in [0.4, 0.5) is 11.4 Å². The molecule has 2 aromatic rings. The quantitative estimate of drug-likeness (QED) is 0.583. The Balaban J connectivity index is 1.35. The second-order valence-corrected chi connectivity index (χ2v) is 7.57. The molecule has 0 aromatic heterocycles. The first-order valence-electron chi connectivity index (χ1n) is 10.6. The van der Waals surface area contributed by atoms with Crippen LogP contribution in [0, 0.1) is 0 Å². The molecule has 4 rings (SSSR count). The summed E-state index contributed by atoms with van der Waals surface area (Å²) in [6.07, 6.45) is 0. The summed E-state index contributed by atoms with van der Waals surface area (Å²) < 4.78 is 21.6. The summed E-state index contributed by atoms with van der Waals surface area (Å²) in [6.45, 7) is 4.73. The molecule has 0 unspecified atom stereocenters. The molecular weight excluding hydrogens is 430 g/mol. The number of nitrogens with one attached hydrogen (secondary N) is 2. The van der Waals surface area contributed by atoms with E-state index in [1.54, 1.807) is 35.2 Å². The number of ketones is 1. The van der Waals surface area contributed by atoms with Crippen molar-refractivity contribution in [3.63, 3.8) is 0 Å². The van der Waals surface area contributed by atoms with E-state index in [0.29, 0.717) is 59.7 Å². The number of hydrogen-bond donors (Lipinski definition) is 2. The molecule has 0 saturated carbocycles. The fourth-order valence-corrected chi connectivity index (χ4v) is 3.53. The number of amides is 2. The molecule has 2 aliphatic rings. The van der Waals surface area contributed by atoms with Gasteiger partial charge in [-0.2, -0.15) is 0 Å². The molecule has 2 heterocycles. The van der Waals surface area contributed by atoms with E-state index in [4.69, 9.17) is 18.9 Å². The van der Waals surface area contributed by atoms with Crippen molar-refractivity contribution in [1.82, 2.24) is 4.90 Å². The van der Waals surface area contributed by atoms with Gasteiger partial charge in [0, 0.05) is 23.4 Å². The van der Waals surface area contributed by atoms with Crippen molar-refractivity contribution < 1.29 is 33.3 Å². The van der Waals surface area contributed by atoms with Crippen LogP contribution in [0.1, 0.15) is 24.2 Å². The van der Waals surface area contributed by atoms with E-state index in [9.17, 15) is 14.4 Å². The molecule has 0 atom stereocenters. The van der Waals surface area contributed by atoms with Gasteiger partial charge in [0.15, 0.2) is 28.8 Å². The summed E-state index contributed by atoms with van der Waals surface area (Å²) >= 11 is 0. The van der Waals surface area contributed by atoms with Crippen molar-refractivity contribution in [1.29, 1.82) is 0 Å². The average molecular weight is 455 g/mol. The van der Waals surface area contributed by atoms with Gasteiger partial charge in [-0.05, 0) is 31.7 Å². The molecule has 174 valence electrons. The number of benzene rings is 2. The summed E-state index contributed by atoms with van der Waals surface area (Å²) in [5.74, 6) is 1.30. The molecule has 0 bridgehead atoms. The maximum absolute atomic E-state index is 12.7. The monoisotopic (exact) mass is 455 g/mol. The Morgan fingerprint density at radius 3 is 2.18 bits per heavy atom. The van der Waals surface area contributed by atoms with E-state index in [1.807, 2.05) is 6.92 Å². The Labute approximate surface area is 190 Å². The molecule has 0 spiro atoms. The number of nitrogens with zero attached hydrogens (tertiary/aromatic N) is 1. The predicted molar refractivity (Wildman–Crippen MR) is 119 cm³/mol. The Morgan fingerprint density at radius 1 is 0.848 bits per heavy atom. The molecular formula is C23H25N3O7. The van der Waals surface area contributed by atoms with Crippen LogP contribution in [-0.4, -0.2) is 62.1 Å². The summed E-state index contributed by atoms with van der Waals surface area (Å²) in [6, 6.07) is 8.31. The predicted octanol–water partition coefficient (Wildman–Crippen LogP) is 2.29. The average Bonchev–Trinajstić information content (AvgIpc) is 3.25. The fraction of sp³-hybridized carbons (Fsp3) is 0.348. The van der Waals surface area contributed by atoms with Crippen molar-refractivity contribution in [3.05, 3.63) is 35.9 Å². The molecule has 10 nitrogen and oxygen atoms in total. The van der Waals surface area contributed by atoms with Crippen LogP contribution in [0.3, 0.4) is 0 Å².